The fourth-order valence-electron chi connectivity index (χ4n) is 5.61. The number of H-pyrrole nitrogens is 1. The molecule has 4 heterocycles. The molecule has 3 N–H and O–H groups in total. The molecule has 7 heteroatoms. The minimum atomic E-state index is -0.1000. The second-order valence-corrected chi connectivity index (χ2v) is 9.49. The second kappa shape index (κ2) is 8.73. The number of aromatic amines is 1. The van der Waals surface area contributed by atoms with Gasteiger partial charge in [0.05, 0.1) is 11.6 Å². The molecule has 1 saturated heterocycles. The molecule has 2 aliphatic rings. The Morgan fingerprint density at radius 3 is 2.86 bits per heavy atom. The fraction of sp³-hybridized carbons (Fsp3) is 0.321. The van der Waals surface area contributed by atoms with Crippen molar-refractivity contribution in [3.8, 4) is 11.4 Å². The number of para-hydroxylation sites is 1. The van der Waals surface area contributed by atoms with Crippen LogP contribution in [-0.2, 0) is 4.79 Å². The van der Waals surface area contributed by atoms with Gasteiger partial charge in [0.1, 0.15) is 22.9 Å². The summed E-state index contributed by atoms with van der Waals surface area (Å²) in [6.45, 7) is 3.61. The summed E-state index contributed by atoms with van der Waals surface area (Å²) in [6, 6.07) is 10.3. The topological polar surface area (TPSA) is 92.3 Å². The summed E-state index contributed by atoms with van der Waals surface area (Å²) >= 11 is 0. The molecule has 178 valence electrons. The Morgan fingerprint density at radius 2 is 2.06 bits per heavy atom. The number of anilines is 1. The van der Waals surface area contributed by atoms with Crippen LogP contribution in [0, 0.1) is 5.92 Å². The molecule has 1 aliphatic heterocycles. The fourth-order valence-corrected chi connectivity index (χ4v) is 5.61. The first-order valence-corrected chi connectivity index (χ1v) is 12.5. The number of likely N-dealkylation sites (tertiary alicyclic amines) is 1. The van der Waals surface area contributed by atoms with Gasteiger partial charge in [-0.05, 0) is 37.8 Å². The summed E-state index contributed by atoms with van der Waals surface area (Å²) in [7, 11) is 0. The van der Waals surface area contributed by atoms with Gasteiger partial charge in [-0.25, -0.2) is 9.97 Å². The highest BCUT2D eigenvalue weighted by Gasteiger charge is 2.32. The van der Waals surface area contributed by atoms with E-state index in [-0.39, 0.29) is 17.7 Å². The van der Waals surface area contributed by atoms with Crippen LogP contribution in [-0.4, -0.2) is 43.2 Å². The van der Waals surface area contributed by atoms with Crippen molar-refractivity contribution in [3.05, 3.63) is 72.4 Å². The van der Waals surface area contributed by atoms with Gasteiger partial charge in [-0.15, -0.1) is 0 Å². The Morgan fingerprint density at radius 1 is 1.23 bits per heavy atom. The van der Waals surface area contributed by atoms with Crippen LogP contribution in [0.25, 0.3) is 27.8 Å². The zero-order valence-corrected chi connectivity index (χ0v) is 19.9. The summed E-state index contributed by atoms with van der Waals surface area (Å²) in [5.74, 6) is 1.83. The number of carbonyl (C=O) groups is 1. The molecule has 35 heavy (non-hydrogen) atoms. The van der Waals surface area contributed by atoms with Crippen LogP contribution in [0.4, 0.5) is 5.82 Å². The third-order valence-corrected chi connectivity index (χ3v) is 7.49. The second-order valence-electron chi connectivity index (χ2n) is 9.49. The monoisotopic (exact) mass is 466 g/mol. The lowest BCUT2D eigenvalue weighted by Crippen LogP contribution is -2.41. The summed E-state index contributed by atoms with van der Waals surface area (Å²) in [6.07, 6.45) is 13.7. The Labute approximate surface area is 204 Å². The molecule has 4 aromatic rings. The third-order valence-electron chi connectivity index (χ3n) is 7.49. The number of hydrogen-bond donors (Lipinski definition) is 2. The summed E-state index contributed by atoms with van der Waals surface area (Å²) in [5.41, 5.74) is 11.2. The predicted octanol–water partition coefficient (Wildman–Crippen LogP) is 5.08. The average Bonchev–Trinajstić information content (AvgIpc) is 3.51. The first-order valence-electron chi connectivity index (χ1n) is 12.5. The van der Waals surface area contributed by atoms with E-state index in [0.29, 0.717) is 5.82 Å². The number of allylic oxidation sites excluding steroid dienone is 2. The Bertz CT molecular complexity index is 1430. The average molecular weight is 467 g/mol. The zero-order valence-electron chi connectivity index (χ0n) is 19.9. The van der Waals surface area contributed by atoms with Crippen molar-refractivity contribution in [2.45, 2.75) is 38.5 Å². The number of benzene rings is 1. The maximum Gasteiger partial charge on any atom is 0.233 e. The van der Waals surface area contributed by atoms with E-state index in [1.165, 1.54) is 5.57 Å². The van der Waals surface area contributed by atoms with Gasteiger partial charge < -0.3 is 15.6 Å². The predicted molar refractivity (Wildman–Crippen MR) is 139 cm³/mol. The van der Waals surface area contributed by atoms with Gasteiger partial charge in [-0.2, -0.15) is 0 Å². The van der Waals surface area contributed by atoms with E-state index in [4.69, 9.17) is 10.7 Å². The van der Waals surface area contributed by atoms with Crippen molar-refractivity contribution < 1.29 is 4.79 Å². The van der Waals surface area contributed by atoms with Crippen molar-refractivity contribution in [1.29, 1.82) is 0 Å². The number of piperidine rings is 1. The Kier molecular flexibility index (Phi) is 5.40. The van der Waals surface area contributed by atoms with Gasteiger partial charge in [-0.1, -0.05) is 48.9 Å². The van der Waals surface area contributed by atoms with Crippen molar-refractivity contribution in [2.24, 2.45) is 5.92 Å². The lowest BCUT2D eigenvalue weighted by molar-refractivity contribution is -0.134. The van der Waals surface area contributed by atoms with E-state index < -0.39 is 0 Å². The lowest BCUT2D eigenvalue weighted by atomic mass is 9.88. The van der Waals surface area contributed by atoms with Gasteiger partial charge in [0, 0.05) is 42.3 Å². The number of nitrogens with two attached hydrogens (primary N) is 1. The first kappa shape index (κ1) is 21.6. The van der Waals surface area contributed by atoms with Crippen LogP contribution < -0.4 is 5.73 Å². The zero-order chi connectivity index (χ0) is 23.9. The molecular weight excluding hydrogens is 436 g/mol. The molecule has 1 aliphatic carbocycles. The number of rotatable bonds is 4. The van der Waals surface area contributed by atoms with Crippen molar-refractivity contribution in [3.63, 3.8) is 0 Å². The molecule has 3 aromatic heterocycles. The largest absolute Gasteiger partial charge is 0.382 e. The smallest absolute Gasteiger partial charge is 0.233 e. The first-order chi connectivity index (χ1) is 17.1. The lowest BCUT2D eigenvalue weighted by Gasteiger charge is -2.34. The molecule has 0 radical (unpaired) electrons. The van der Waals surface area contributed by atoms with Crippen LogP contribution in [0.15, 0.2) is 66.5 Å². The van der Waals surface area contributed by atoms with Crippen LogP contribution in [0.5, 0.6) is 0 Å². The number of imidazole rings is 1. The van der Waals surface area contributed by atoms with Crippen LogP contribution in [0.3, 0.4) is 0 Å². The van der Waals surface area contributed by atoms with Gasteiger partial charge in [0.2, 0.25) is 5.91 Å². The molecule has 7 nitrogen and oxygen atoms in total. The SMILES string of the molecule is CCC1=CCC=CC1C(=O)N1CCC(c2nc(-c3cc4ccccc4[nH]3)c3c(N)nccn23)CC1. The molecule has 6 rings (SSSR count). The van der Waals surface area contributed by atoms with E-state index >= 15 is 0 Å². The molecule has 0 saturated carbocycles. The number of carbonyl (C=O) groups excluding carboxylic acids is 1. The molecule has 1 amide bonds. The van der Waals surface area contributed by atoms with E-state index in [1.54, 1.807) is 6.20 Å². The van der Waals surface area contributed by atoms with Gasteiger partial charge >= 0.3 is 0 Å². The molecule has 1 atom stereocenters. The number of aromatic nitrogens is 4. The van der Waals surface area contributed by atoms with Crippen molar-refractivity contribution in [2.75, 3.05) is 18.8 Å². The third kappa shape index (κ3) is 3.71. The number of nitrogens with one attached hydrogen (secondary N) is 1. The van der Waals surface area contributed by atoms with Crippen LogP contribution in [0.2, 0.25) is 0 Å². The number of hydrogen-bond acceptors (Lipinski definition) is 4. The molecule has 1 unspecified atom stereocenters. The summed E-state index contributed by atoms with van der Waals surface area (Å²) in [4.78, 5) is 28.3. The maximum atomic E-state index is 13.3. The molecule has 0 bridgehead atoms. The molecule has 0 spiro atoms. The van der Waals surface area contributed by atoms with E-state index in [1.807, 2.05) is 23.2 Å². The highest BCUT2D eigenvalue weighted by molar-refractivity contribution is 5.91. The number of fused-ring (bicyclic) bond motifs is 2. The highest BCUT2D eigenvalue weighted by atomic mass is 16.2. The van der Waals surface area contributed by atoms with Crippen molar-refractivity contribution in [1.82, 2.24) is 24.3 Å². The summed E-state index contributed by atoms with van der Waals surface area (Å²) in [5, 5.41) is 1.14. The standard InChI is InChI=1S/C28H30N6O/c1-2-18-7-3-5-9-21(18)28(35)33-14-11-19(12-15-33)27-32-24(25-26(29)30-13-16-34(25)27)23-17-20-8-4-6-10-22(20)31-23/h4-10,13,16-17,19,21,31H,2-3,11-12,14-15H2,1H3,(H2,29,30). The van der Waals surface area contributed by atoms with Gasteiger partial charge in [0.15, 0.2) is 0 Å². The van der Waals surface area contributed by atoms with E-state index in [9.17, 15) is 4.79 Å². The van der Waals surface area contributed by atoms with Gasteiger partial charge in [-0.3, -0.25) is 9.20 Å². The highest BCUT2D eigenvalue weighted by Crippen LogP contribution is 2.36. The minimum Gasteiger partial charge on any atom is -0.382 e. The van der Waals surface area contributed by atoms with Gasteiger partial charge in [0.25, 0.3) is 0 Å². The van der Waals surface area contributed by atoms with E-state index in [0.717, 1.165) is 72.4 Å². The maximum absolute atomic E-state index is 13.3. The normalized spacial score (nSPS) is 18.9. The number of nitrogens with zero attached hydrogens (tertiary/aromatic N) is 4. The van der Waals surface area contributed by atoms with Crippen LogP contribution >= 0.6 is 0 Å². The minimum absolute atomic E-state index is 0.1000. The van der Waals surface area contributed by atoms with Crippen molar-refractivity contribution >= 4 is 28.1 Å². The Hall–Kier alpha value is -3.87. The Balaban J connectivity index is 1.29. The molecule has 1 fully saturated rings. The number of nitrogen functional groups attached to an aromatic ring is 1. The molecular formula is C28H30N6O. The quantitative estimate of drug-likeness (QED) is 0.410. The summed E-state index contributed by atoms with van der Waals surface area (Å²) < 4.78 is 2.09. The molecule has 1 aromatic carbocycles. The van der Waals surface area contributed by atoms with E-state index in [2.05, 4.69) is 57.7 Å². The van der Waals surface area contributed by atoms with Crippen LogP contribution in [0.1, 0.15) is 44.3 Å². The number of amides is 1.